The van der Waals surface area contributed by atoms with Crippen molar-refractivity contribution in [3.8, 4) is 0 Å². The molecule has 0 aromatic heterocycles. The molecule has 0 spiro atoms. The molecule has 2 N–H and O–H groups in total. The van der Waals surface area contributed by atoms with Crippen molar-refractivity contribution in [2.75, 3.05) is 12.4 Å². The molecule has 0 bridgehead atoms. The minimum atomic E-state index is -0.465. The van der Waals surface area contributed by atoms with Gasteiger partial charge in [-0.1, -0.05) is 0 Å². The van der Waals surface area contributed by atoms with Gasteiger partial charge in [0, 0.05) is 0 Å². The molecule has 0 atom stereocenters. The molecular formula is C5H10ClNO2S. The maximum atomic E-state index is 10.5. The lowest BCUT2D eigenvalue weighted by atomic mass is 10.4. The first-order chi connectivity index (χ1) is 4.22. The van der Waals surface area contributed by atoms with Crippen LogP contribution in [0.25, 0.3) is 0 Å². The number of carbonyl (C=O) groups excluding carboxylic acids is 1. The van der Waals surface area contributed by atoms with Gasteiger partial charge >= 0.3 is 5.97 Å². The lowest BCUT2D eigenvalue weighted by Gasteiger charge is -1.94. The van der Waals surface area contributed by atoms with Gasteiger partial charge in [-0.2, -0.15) is 12.6 Å². The van der Waals surface area contributed by atoms with Crippen LogP contribution in [0, 0.1) is 0 Å². The highest BCUT2D eigenvalue weighted by molar-refractivity contribution is 7.81. The Bertz CT molecular complexity index is 129. The van der Waals surface area contributed by atoms with Crippen molar-refractivity contribution in [3.63, 3.8) is 0 Å². The zero-order chi connectivity index (χ0) is 7.28. The van der Waals surface area contributed by atoms with Gasteiger partial charge in [-0.25, -0.2) is 4.79 Å². The molecule has 3 nitrogen and oxygen atoms in total. The molecule has 0 saturated heterocycles. The van der Waals surface area contributed by atoms with Crippen LogP contribution < -0.4 is 17.8 Å². The summed E-state index contributed by atoms with van der Waals surface area (Å²) in [6, 6.07) is 0. The van der Waals surface area contributed by atoms with Crippen LogP contribution in [0.5, 0.6) is 0 Å². The Kier molecular flexibility index (Phi) is 8.59. The largest absolute Gasteiger partial charge is 1.00 e. The molecule has 5 heteroatoms. The number of halogens is 1. The highest BCUT2D eigenvalue weighted by atomic mass is 35.5. The first-order valence-corrected chi connectivity index (χ1v) is 3.24. The van der Waals surface area contributed by atoms with Crippen LogP contribution in [-0.2, 0) is 9.53 Å². The maximum Gasteiger partial charge on any atom is 0.399 e. The highest BCUT2D eigenvalue weighted by Gasteiger charge is 2.12. The molecule has 0 aliphatic carbocycles. The minimum absolute atomic E-state index is 0. The molecule has 60 valence electrons. The number of thiol groups is 1. The van der Waals surface area contributed by atoms with Gasteiger partial charge in [-0.3, -0.25) is 5.41 Å². The second-order valence-corrected chi connectivity index (χ2v) is 1.72. The second-order valence-electron chi connectivity index (χ2n) is 1.40. The number of rotatable bonds is 3. The van der Waals surface area contributed by atoms with Crippen molar-refractivity contribution in [2.24, 2.45) is 0 Å². The van der Waals surface area contributed by atoms with Crippen molar-refractivity contribution >= 4 is 24.3 Å². The molecule has 0 radical (unpaired) electrons. The summed E-state index contributed by atoms with van der Waals surface area (Å²) in [5.41, 5.74) is 0.153. The molecule has 10 heavy (non-hydrogen) atoms. The number of hydrogen-bond acceptors (Lipinski definition) is 3. The summed E-state index contributed by atoms with van der Waals surface area (Å²) in [5, 5.41) is 5.17. The quantitative estimate of drug-likeness (QED) is 0.264. The van der Waals surface area contributed by atoms with E-state index in [0.29, 0.717) is 6.61 Å². The Labute approximate surface area is 71.5 Å². The summed E-state index contributed by atoms with van der Waals surface area (Å²) in [5.74, 6) is -0.216. The van der Waals surface area contributed by atoms with E-state index in [0.717, 1.165) is 0 Å². The van der Waals surface area contributed by atoms with Crippen molar-refractivity contribution < 1.29 is 27.3 Å². The van der Waals surface area contributed by atoms with E-state index in [1.807, 2.05) is 0 Å². The molecular weight excluding hydrogens is 174 g/mol. The molecule has 0 unspecified atom stereocenters. The first-order valence-electron chi connectivity index (χ1n) is 2.61. The van der Waals surface area contributed by atoms with Crippen LogP contribution in [0.1, 0.15) is 6.92 Å². The van der Waals surface area contributed by atoms with E-state index in [1.165, 1.54) is 0 Å². The number of nitrogens with two attached hydrogens (primary N) is 1. The maximum absolute atomic E-state index is 10.5. The average Bonchev–Trinajstić information content (AvgIpc) is 1.87. The zero-order valence-corrected chi connectivity index (χ0v) is 7.28. The molecule has 0 aromatic rings. The van der Waals surface area contributed by atoms with Crippen molar-refractivity contribution in [3.05, 3.63) is 0 Å². The first kappa shape index (κ1) is 12.5. The standard InChI is InChI=1S/C5H9NO2S.ClH/c1-2-8-5(7)4(6)3-9;/h6,9H,2-3H2,1H3;1H. The molecule has 0 aliphatic heterocycles. The van der Waals surface area contributed by atoms with Crippen LogP contribution in [-0.4, -0.2) is 24.0 Å². The van der Waals surface area contributed by atoms with Gasteiger partial charge in [0.05, 0.1) is 12.4 Å². The Hall–Kier alpha value is -0.220. The Morgan fingerprint density at radius 2 is 2.20 bits per heavy atom. The minimum Gasteiger partial charge on any atom is -1.00 e. The third-order valence-corrected chi connectivity index (χ3v) is 1.05. The molecule has 0 amide bonds. The summed E-state index contributed by atoms with van der Waals surface area (Å²) in [6.07, 6.45) is 0. The Morgan fingerprint density at radius 3 is 2.50 bits per heavy atom. The monoisotopic (exact) mass is 183 g/mol. The van der Waals surface area contributed by atoms with Gasteiger partial charge < -0.3 is 17.1 Å². The Morgan fingerprint density at radius 1 is 1.70 bits per heavy atom. The van der Waals surface area contributed by atoms with E-state index in [4.69, 9.17) is 5.41 Å². The molecule has 0 rings (SSSR count). The van der Waals surface area contributed by atoms with Crippen molar-refractivity contribution in [1.82, 2.24) is 0 Å². The normalized spacial score (nSPS) is 7.80. The fraction of sp³-hybridized carbons (Fsp3) is 0.600. The third-order valence-electron chi connectivity index (χ3n) is 0.708. The van der Waals surface area contributed by atoms with Gasteiger partial charge in [0.25, 0.3) is 5.71 Å². The van der Waals surface area contributed by atoms with Crippen molar-refractivity contribution in [1.29, 1.82) is 0 Å². The summed E-state index contributed by atoms with van der Waals surface area (Å²) >= 11 is 3.78. The van der Waals surface area contributed by atoms with Crippen LogP contribution in [0.2, 0.25) is 0 Å². The number of ether oxygens (including phenoxy) is 1. The molecule has 0 fully saturated rings. The summed E-state index contributed by atoms with van der Waals surface area (Å²) in [6.45, 7) is 2.08. The smallest absolute Gasteiger partial charge is 0.399 e. The third kappa shape index (κ3) is 4.64. The summed E-state index contributed by atoms with van der Waals surface area (Å²) < 4.78 is 4.54. The van der Waals surface area contributed by atoms with E-state index in [9.17, 15) is 4.79 Å². The topological polar surface area (TPSA) is 51.9 Å². The van der Waals surface area contributed by atoms with Gasteiger partial charge in [0.2, 0.25) is 0 Å². The fourth-order valence-electron chi connectivity index (χ4n) is 0.288. The van der Waals surface area contributed by atoms with E-state index < -0.39 is 5.97 Å². The summed E-state index contributed by atoms with van der Waals surface area (Å²) in [7, 11) is 0. The summed E-state index contributed by atoms with van der Waals surface area (Å²) in [4.78, 5) is 10.5. The predicted molar refractivity (Wildman–Crippen MR) is 37.4 cm³/mol. The predicted octanol–water partition coefficient (Wildman–Crippen LogP) is -4.32. The molecule has 0 aromatic carbocycles. The highest BCUT2D eigenvalue weighted by Crippen LogP contribution is 1.80. The molecule has 0 aliphatic rings. The SMILES string of the molecule is CCOC(=O)C(=[NH2+])CS.[Cl-]. The van der Waals surface area contributed by atoms with E-state index >= 15 is 0 Å². The van der Waals surface area contributed by atoms with Gasteiger partial charge in [0.1, 0.15) is 0 Å². The molecule has 0 saturated carbocycles. The van der Waals surface area contributed by atoms with Crippen LogP contribution in [0.4, 0.5) is 0 Å². The number of carbonyl (C=O) groups is 1. The Balaban J connectivity index is 0. The van der Waals surface area contributed by atoms with E-state index in [-0.39, 0.29) is 23.9 Å². The zero-order valence-electron chi connectivity index (χ0n) is 5.63. The number of esters is 1. The van der Waals surface area contributed by atoms with Crippen LogP contribution in [0.3, 0.4) is 0 Å². The fourth-order valence-corrected chi connectivity index (χ4v) is 0.417. The van der Waals surface area contributed by atoms with Crippen molar-refractivity contribution in [2.45, 2.75) is 6.92 Å². The lowest BCUT2D eigenvalue weighted by molar-refractivity contribution is -0.152. The van der Waals surface area contributed by atoms with Gasteiger partial charge in [0.15, 0.2) is 0 Å². The van der Waals surface area contributed by atoms with Crippen LogP contribution >= 0.6 is 12.6 Å². The van der Waals surface area contributed by atoms with Crippen LogP contribution in [0.15, 0.2) is 0 Å². The molecule has 0 heterocycles. The lowest BCUT2D eigenvalue weighted by Crippen LogP contribution is -3.00. The number of hydrogen-bond donors (Lipinski definition) is 2. The average molecular weight is 184 g/mol. The van der Waals surface area contributed by atoms with E-state index in [2.05, 4.69) is 17.4 Å². The van der Waals surface area contributed by atoms with Gasteiger partial charge in [-0.15, -0.1) is 0 Å². The van der Waals surface area contributed by atoms with E-state index in [1.54, 1.807) is 6.92 Å². The second kappa shape index (κ2) is 6.89. The van der Waals surface area contributed by atoms with Gasteiger partial charge in [-0.05, 0) is 6.92 Å².